The van der Waals surface area contributed by atoms with Crippen LogP contribution in [0.4, 0.5) is 0 Å². The van der Waals surface area contributed by atoms with Crippen molar-refractivity contribution in [2.75, 3.05) is 42.4 Å². The lowest BCUT2D eigenvalue weighted by atomic mass is 9.43. The van der Waals surface area contributed by atoms with E-state index < -0.39 is 35.9 Å². The molecule has 0 spiro atoms. The van der Waals surface area contributed by atoms with Crippen molar-refractivity contribution in [1.29, 1.82) is 0 Å². The van der Waals surface area contributed by atoms with Crippen LogP contribution in [0, 0.1) is 35.5 Å². The van der Waals surface area contributed by atoms with Gasteiger partial charge in [0.15, 0.2) is 12.1 Å². The molecular weight excluding hydrogens is 416 g/mol. The minimum absolute atomic E-state index is 0.199. The van der Waals surface area contributed by atoms with Gasteiger partial charge in [0.2, 0.25) is 11.8 Å². The quantitative estimate of drug-likeness (QED) is 0.576. The maximum Gasteiger partial charge on any atom is 0.314 e. The van der Waals surface area contributed by atoms with Crippen LogP contribution in [0.1, 0.15) is 0 Å². The lowest BCUT2D eigenvalue weighted by Crippen LogP contribution is -2.65. The topological polar surface area (TPSA) is 118 Å². The minimum atomic E-state index is -0.813. The summed E-state index contributed by atoms with van der Waals surface area (Å²) in [6.07, 6.45) is 3.76. The molecule has 5 aliphatic rings. The Bertz CT molecular complexity index is 967. The number of carbonyl (C=O) groups excluding carboxylic acids is 4. The summed E-state index contributed by atoms with van der Waals surface area (Å²) in [6, 6.07) is -1.53. The second-order valence-electron chi connectivity index (χ2n) is 9.11. The molecule has 1 saturated carbocycles. The van der Waals surface area contributed by atoms with E-state index >= 15 is 0 Å². The molecule has 0 aromatic rings. The predicted octanol–water partition coefficient (Wildman–Crippen LogP) is 0.303. The van der Waals surface area contributed by atoms with Crippen LogP contribution >= 0.6 is 0 Å². The van der Waals surface area contributed by atoms with Gasteiger partial charge in [-0.2, -0.15) is 10.2 Å². The van der Waals surface area contributed by atoms with Crippen LogP contribution in [0.5, 0.6) is 0 Å². The minimum Gasteiger partial charge on any atom is -0.469 e. The molecular formula is C22H28N4O6. The smallest absolute Gasteiger partial charge is 0.314 e. The van der Waals surface area contributed by atoms with Crippen LogP contribution in [0.2, 0.25) is 0 Å². The van der Waals surface area contributed by atoms with Gasteiger partial charge in [-0.05, 0) is 17.4 Å². The van der Waals surface area contributed by atoms with Gasteiger partial charge in [0, 0.05) is 40.0 Å². The molecule has 8 atom stereocenters. The second-order valence-corrected chi connectivity index (χ2v) is 9.11. The summed E-state index contributed by atoms with van der Waals surface area (Å²) in [7, 11) is 9.18. The van der Waals surface area contributed by atoms with Crippen molar-refractivity contribution in [2.24, 2.45) is 45.7 Å². The van der Waals surface area contributed by atoms with E-state index in [0.29, 0.717) is 5.57 Å². The number of amides is 2. The number of ether oxygens (including phenoxy) is 2. The number of esters is 2. The van der Waals surface area contributed by atoms with Gasteiger partial charge in [-0.15, -0.1) is 0 Å². The number of likely N-dealkylation sites (N-methyl/N-ethyl adjacent to an activating group) is 2. The fourth-order valence-corrected chi connectivity index (χ4v) is 5.90. The predicted molar refractivity (Wildman–Crippen MR) is 111 cm³/mol. The summed E-state index contributed by atoms with van der Waals surface area (Å²) in [4.78, 5) is 54.3. The van der Waals surface area contributed by atoms with Gasteiger partial charge in [0.1, 0.15) is 0 Å². The fraction of sp³-hybridized carbons (Fsp3) is 0.636. The summed E-state index contributed by atoms with van der Waals surface area (Å²) in [5.41, 5.74) is 1.58. The first-order valence-electron chi connectivity index (χ1n) is 10.6. The summed E-state index contributed by atoms with van der Waals surface area (Å²) >= 11 is 0. The molecule has 2 bridgehead atoms. The highest BCUT2D eigenvalue weighted by Gasteiger charge is 2.67. The number of azo groups is 1. The van der Waals surface area contributed by atoms with Gasteiger partial charge < -0.3 is 19.3 Å². The van der Waals surface area contributed by atoms with Gasteiger partial charge >= 0.3 is 11.9 Å². The Balaban J connectivity index is 1.87. The molecule has 172 valence electrons. The molecule has 10 nitrogen and oxygen atoms in total. The van der Waals surface area contributed by atoms with E-state index in [1.165, 1.54) is 24.0 Å². The van der Waals surface area contributed by atoms with Crippen LogP contribution in [-0.2, 0) is 28.7 Å². The number of carbonyl (C=O) groups is 4. The zero-order valence-electron chi connectivity index (χ0n) is 19.0. The molecule has 2 amide bonds. The SMILES string of the molecule is COC(=O)C1C2=C3C4C(C(=O)N(C)C)N=NC(C(=O)N(C)C)C4C3C(C=C2)C1C(=O)OC. The largest absolute Gasteiger partial charge is 0.469 e. The summed E-state index contributed by atoms with van der Waals surface area (Å²) in [5, 5.41) is 8.56. The number of hydrogen-bond acceptors (Lipinski definition) is 8. The molecule has 0 aromatic carbocycles. The highest BCUT2D eigenvalue weighted by atomic mass is 16.5. The van der Waals surface area contributed by atoms with Crippen molar-refractivity contribution in [3.63, 3.8) is 0 Å². The third kappa shape index (κ3) is 2.91. The van der Waals surface area contributed by atoms with Crippen molar-refractivity contribution in [3.8, 4) is 0 Å². The Hall–Kier alpha value is -3.04. The molecule has 4 aliphatic carbocycles. The number of fused-ring (bicyclic) bond motifs is 2. The second kappa shape index (κ2) is 7.83. The first-order valence-corrected chi connectivity index (χ1v) is 10.6. The average Bonchev–Trinajstić information content (AvgIpc) is 2.77. The first-order chi connectivity index (χ1) is 15.1. The van der Waals surface area contributed by atoms with Gasteiger partial charge in [0.05, 0.1) is 26.1 Å². The molecule has 5 rings (SSSR count). The highest BCUT2D eigenvalue weighted by molar-refractivity contribution is 5.90. The van der Waals surface area contributed by atoms with Crippen molar-refractivity contribution < 1.29 is 28.7 Å². The summed E-state index contributed by atoms with van der Waals surface area (Å²) in [5.74, 6) is -4.22. The summed E-state index contributed by atoms with van der Waals surface area (Å²) < 4.78 is 10.1. The number of allylic oxidation sites excluding steroid dienone is 2. The number of methoxy groups -OCH3 is 2. The normalized spacial score (nSPS) is 35.9. The third-order valence-corrected chi connectivity index (χ3v) is 7.24. The maximum absolute atomic E-state index is 12.9. The zero-order valence-corrected chi connectivity index (χ0v) is 19.0. The van der Waals surface area contributed by atoms with Crippen LogP contribution in [0.3, 0.4) is 0 Å². The van der Waals surface area contributed by atoms with Gasteiger partial charge in [-0.3, -0.25) is 19.2 Å². The van der Waals surface area contributed by atoms with Crippen LogP contribution in [0.15, 0.2) is 33.5 Å². The molecule has 0 radical (unpaired) electrons. The highest BCUT2D eigenvalue weighted by Crippen LogP contribution is 2.65. The number of rotatable bonds is 4. The Morgan fingerprint density at radius 1 is 0.844 bits per heavy atom. The van der Waals surface area contributed by atoms with Crippen molar-refractivity contribution in [1.82, 2.24) is 9.80 Å². The molecule has 1 heterocycles. The Morgan fingerprint density at radius 3 is 1.97 bits per heavy atom. The molecule has 0 aromatic heterocycles. The van der Waals surface area contributed by atoms with E-state index in [9.17, 15) is 19.2 Å². The molecule has 10 heteroatoms. The first kappa shape index (κ1) is 22.2. The monoisotopic (exact) mass is 444 g/mol. The maximum atomic E-state index is 12.9. The third-order valence-electron chi connectivity index (χ3n) is 7.24. The average molecular weight is 444 g/mol. The van der Waals surface area contributed by atoms with E-state index in [0.717, 1.165) is 5.57 Å². The Morgan fingerprint density at radius 2 is 1.41 bits per heavy atom. The standard InChI is InChI=1S/C22H28N4O6/c1-25(2)19(27)17-15-11-9-7-8-10(14(22(30)32-6)13(9)21(29)31-5)12(11)16(15)18(24-23-17)20(28)26(3)4/h7-9,11,13-18H,1-6H3. The lowest BCUT2D eigenvalue weighted by molar-refractivity contribution is -0.162. The number of hydrogen-bond donors (Lipinski definition) is 0. The number of nitrogens with zero attached hydrogens (tertiary/aromatic N) is 4. The van der Waals surface area contributed by atoms with Gasteiger partial charge in [-0.1, -0.05) is 17.7 Å². The van der Waals surface area contributed by atoms with E-state index in [4.69, 9.17) is 9.47 Å². The Kier molecular flexibility index (Phi) is 5.42. The van der Waals surface area contributed by atoms with Crippen molar-refractivity contribution >= 4 is 23.8 Å². The fourth-order valence-electron chi connectivity index (χ4n) is 5.90. The van der Waals surface area contributed by atoms with E-state index in [-0.39, 0.29) is 35.5 Å². The van der Waals surface area contributed by atoms with Crippen LogP contribution < -0.4 is 0 Å². The van der Waals surface area contributed by atoms with Crippen LogP contribution in [-0.4, -0.2) is 88.0 Å². The van der Waals surface area contributed by atoms with Gasteiger partial charge in [-0.25, -0.2) is 0 Å². The molecule has 0 N–H and O–H groups in total. The van der Waals surface area contributed by atoms with E-state index in [1.54, 1.807) is 28.2 Å². The Labute approximate surface area is 186 Å². The van der Waals surface area contributed by atoms with Crippen molar-refractivity contribution in [2.45, 2.75) is 12.1 Å². The van der Waals surface area contributed by atoms with Crippen LogP contribution in [0.25, 0.3) is 0 Å². The summed E-state index contributed by atoms with van der Waals surface area (Å²) in [6.45, 7) is 0. The molecule has 0 saturated heterocycles. The molecule has 32 heavy (non-hydrogen) atoms. The van der Waals surface area contributed by atoms with Crippen molar-refractivity contribution in [3.05, 3.63) is 23.3 Å². The lowest BCUT2D eigenvalue weighted by Gasteiger charge is -2.61. The molecule has 1 fully saturated rings. The molecule has 1 aliphatic heterocycles. The molecule has 8 unspecified atom stereocenters. The van der Waals surface area contributed by atoms with Gasteiger partial charge in [0.25, 0.3) is 0 Å². The van der Waals surface area contributed by atoms with E-state index in [1.807, 2.05) is 12.2 Å². The zero-order chi connectivity index (χ0) is 23.5. The van der Waals surface area contributed by atoms with E-state index in [2.05, 4.69) is 10.2 Å².